The van der Waals surface area contributed by atoms with Crippen molar-refractivity contribution < 1.29 is 17.9 Å². The molecule has 1 aromatic heterocycles. The molecule has 1 aliphatic rings. The number of sulfonamides is 1. The van der Waals surface area contributed by atoms with Crippen LogP contribution in [0, 0.1) is 6.92 Å². The van der Waals surface area contributed by atoms with E-state index in [0.717, 1.165) is 22.0 Å². The van der Waals surface area contributed by atoms with Crippen LogP contribution in [0.2, 0.25) is 0 Å². The van der Waals surface area contributed by atoms with Gasteiger partial charge in [0.05, 0.1) is 24.3 Å². The van der Waals surface area contributed by atoms with Gasteiger partial charge in [0.2, 0.25) is 5.91 Å². The van der Waals surface area contributed by atoms with Gasteiger partial charge in [0.15, 0.2) is 0 Å². The fourth-order valence-corrected chi connectivity index (χ4v) is 4.29. The smallest absolute Gasteiger partial charge is 0.276 e. The quantitative estimate of drug-likeness (QED) is 0.469. The molecule has 2 aromatic carbocycles. The molecular formula is C22H24N4O4S. The summed E-state index contributed by atoms with van der Waals surface area (Å²) in [7, 11) is -3.75. The summed E-state index contributed by atoms with van der Waals surface area (Å²) in [5.41, 5.74) is 2.57. The summed E-state index contributed by atoms with van der Waals surface area (Å²) in [4.78, 5) is 16.9. The predicted molar refractivity (Wildman–Crippen MR) is 118 cm³/mol. The first-order chi connectivity index (χ1) is 14.9. The first-order valence-corrected chi connectivity index (χ1v) is 11.5. The summed E-state index contributed by atoms with van der Waals surface area (Å²) < 4.78 is 32.0. The summed E-state index contributed by atoms with van der Waals surface area (Å²) >= 11 is 0. The number of aromatic nitrogens is 1. The van der Waals surface area contributed by atoms with E-state index >= 15 is 0 Å². The minimum Gasteiger partial charge on any atom is -0.378 e. The number of carbonyl (C=O) groups is 1. The number of hydrogen-bond acceptors (Lipinski definition) is 5. The number of aryl methyl sites for hydroxylation is 1. The number of benzene rings is 2. The van der Waals surface area contributed by atoms with Gasteiger partial charge in [-0.15, -0.1) is 0 Å². The van der Waals surface area contributed by atoms with Crippen LogP contribution in [0.4, 0.5) is 0 Å². The molecule has 1 saturated heterocycles. The molecule has 1 N–H and O–H groups in total. The third-order valence-electron chi connectivity index (χ3n) is 5.20. The Morgan fingerprint density at radius 1 is 1.13 bits per heavy atom. The van der Waals surface area contributed by atoms with Crippen LogP contribution in [-0.2, 0) is 26.1 Å². The molecule has 0 spiro atoms. The van der Waals surface area contributed by atoms with E-state index in [2.05, 4.69) is 9.93 Å². The van der Waals surface area contributed by atoms with Gasteiger partial charge in [-0.25, -0.2) is 4.83 Å². The molecule has 0 radical (unpaired) electrons. The van der Waals surface area contributed by atoms with E-state index in [4.69, 9.17) is 4.74 Å². The lowest BCUT2D eigenvalue weighted by Crippen LogP contribution is -2.42. The van der Waals surface area contributed by atoms with Gasteiger partial charge in [-0.3, -0.25) is 4.79 Å². The fraction of sp³-hybridized carbons (Fsp3) is 0.273. The Hall–Kier alpha value is -3.17. The van der Waals surface area contributed by atoms with Gasteiger partial charge in [0, 0.05) is 35.8 Å². The van der Waals surface area contributed by atoms with Crippen molar-refractivity contribution in [1.29, 1.82) is 0 Å². The maximum absolute atomic E-state index is 12.7. The molecule has 4 rings (SSSR count). The van der Waals surface area contributed by atoms with Crippen LogP contribution in [0.3, 0.4) is 0 Å². The average Bonchev–Trinajstić information content (AvgIpc) is 3.12. The van der Waals surface area contributed by atoms with Crippen molar-refractivity contribution in [1.82, 2.24) is 14.3 Å². The zero-order chi connectivity index (χ0) is 21.8. The second-order valence-electron chi connectivity index (χ2n) is 7.39. The van der Waals surface area contributed by atoms with Gasteiger partial charge in [-0.1, -0.05) is 35.9 Å². The standard InChI is InChI=1S/C22H24N4O4S/c1-17-6-8-19(9-7-17)31(28,29)24-23-14-18-15-26(21-5-3-2-4-20(18)21)16-22(27)25-10-12-30-13-11-25/h2-9,14-15,24H,10-13,16H2,1H3. The topological polar surface area (TPSA) is 93.0 Å². The summed E-state index contributed by atoms with van der Waals surface area (Å²) in [6.45, 7) is 4.37. The van der Waals surface area contributed by atoms with Crippen LogP contribution in [0.25, 0.3) is 10.9 Å². The Morgan fingerprint density at radius 2 is 1.84 bits per heavy atom. The van der Waals surface area contributed by atoms with E-state index < -0.39 is 10.0 Å². The van der Waals surface area contributed by atoms with Gasteiger partial charge in [-0.2, -0.15) is 13.5 Å². The zero-order valence-corrected chi connectivity index (χ0v) is 18.0. The van der Waals surface area contributed by atoms with Crippen LogP contribution >= 0.6 is 0 Å². The largest absolute Gasteiger partial charge is 0.378 e. The Kier molecular flexibility index (Phi) is 6.06. The summed E-state index contributed by atoms with van der Waals surface area (Å²) in [5, 5.41) is 4.84. The number of hydrazone groups is 1. The number of nitrogens with zero attached hydrogens (tertiary/aromatic N) is 3. The Labute approximate surface area is 181 Å². The molecular weight excluding hydrogens is 416 g/mol. The molecule has 1 fully saturated rings. The van der Waals surface area contributed by atoms with Crippen molar-refractivity contribution in [2.75, 3.05) is 26.3 Å². The lowest BCUT2D eigenvalue weighted by Gasteiger charge is -2.27. The van der Waals surface area contributed by atoms with E-state index in [1.807, 2.05) is 42.0 Å². The highest BCUT2D eigenvalue weighted by Crippen LogP contribution is 2.20. The lowest BCUT2D eigenvalue weighted by molar-refractivity contribution is -0.135. The van der Waals surface area contributed by atoms with Crippen LogP contribution in [-0.4, -0.2) is 56.3 Å². The summed E-state index contributed by atoms with van der Waals surface area (Å²) in [6, 6.07) is 14.2. The molecule has 0 aliphatic carbocycles. The molecule has 0 saturated carbocycles. The molecule has 1 amide bonds. The van der Waals surface area contributed by atoms with Gasteiger partial charge in [-0.05, 0) is 25.1 Å². The Balaban J connectivity index is 1.54. The number of hydrogen-bond donors (Lipinski definition) is 1. The molecule has 0 unspecified atom stereocenters. The van der Waals surface area contributed by atoms with Crippen molar-refractivity contribution in [3.8, 4) is 0 Å². The number of fused-ring (bicyclic) bond motifs is 1. The lowest BCUT2D eigenvalue weighted by atomic mass is 10.2. The summed E-state index contributed by atoms with van der Waals surface area (Å²) in [5.74, 6) is 0.0209. The maximum atomic E-state index is 12.7. The Morgan fingerprint density at radius 3 is 2.58 bits per heavy atom. The number of carbonyl (C=O) groups excluding carboxylic acids is 1. The summed E-state index contributed by atoms with van der Waals surface area (Å²) in [6.07, 6.45) is 3.27. The predicted octanol–water partition coefficient (Wildman–Crippen LogP) is 2.12. The van der Waals surface area contributed by atoms with E-state index in [0.29, 0.717) is 26.3 Å². The number of nitrogens with one attached hydrogen (secondary N) is 1. The fourth-order valence-electron chi connectivity index (χ4n) is 3.50. The normalized spacial score (nSPS) is 14.9. The highest BCUT2D eigenvalue weighted by Gasteiger charge is 2.18. The van der Waals surface area contributed by atoms with Crippen molar-refractivity contribution in [3.63, 3.8) is 0 Å². The first-order valence-electron chi connectivity index (χ1n) is 9.99. The average molecular weight is 441 g/mol. The molecule has 31 heavy (non-hydrogen) atoms. The molecule has 0 atom stereocenters. The third kappa shape index (κ3) is 4.78. The van der Waals surface area contributed by atoms with Crippen LogP contribution in [0.15, 0.2) is 64.7 Å². The highest BCUT2D eigenvalue weighted by molar-refractivity contribution is 7.89. The highest BCUT2D eigenvalue weighted by atomic mass is 32.2. The molecule has 162 valence electrons. The van der Waals surface area contributed by atoms with Crippen molar-refractivity contribution in [2.24, 2.45) is 5.10 Å². The number of amides is 1. The van der Waals surface area contributed by atoms with Gasteiger partial charge in [0.25, 0.3) is 10.0 Å². The SMILES string of the molecule is Cc1ccc(S(=O)(=O)NN=Cc2cn(CC(=O)N3CCOCC3)c3ccccc23)cc1. The molecule has 9 heteroatoms. The van der Waals surface area contributed by atoms with E-state index in [-0.39, 0.29) is 17.3 Å². The first kappa shape index (κ1) is 21.1. The minimum atomic E-state index is -3.75. The van der Waals surface area contributed by atoms with Gasteiger partial charge >= 0.3 is 0 Å². The molecule has 0 bridgehead atoms. The third-order valence-corrected chi connectivity index (χ3v) is 6.44. The van der Waals surface area contributed by atoms with E-state index in [9.17, 15) is 13.2 Å². The zero-order valence-electron chi connectivity index (χ0n) is 17.2. The number of rotatable bonds is 6. The van der Waals surface area contributed by atoms with Crippen LogP contribution < -0.4 is 4.83 Å². The van der Waals surface area contributed by atoms with Crippen LogP contribution in [0.5, 0.6) is 0 Å². The molecule has 1 aliphatic heterocycles. The van der Waals surface area contributed by atoms with Crippen molar-refractivity contribution >= 4 is 33.0 Å². The van der Waals surface area contributed by atoms with Crippen LogP contribution in [0.1, 0.15) is 11.1 Å². The Bertz CT molecular complexity index is 1210. The van der Waals surface area contributed by atoms with Gasteiger partial charge < -0.3 is 14.2 Å². The van der Waals surface area contributed by atoms with Crippen molar-refractivity contribution in [2.45, 2.75) is 18.4 Å². The monoisotopic (exact) mass is 440 g/mol. The van der Waals surface area contributed by atoms with Crippen molar-refractivity contribution in [3.05, 3.63) is 65.9 Å². The van der Waals surface area contributed by atoms with E-state index in [1.54, 1.807) is 17.0 Å². The number of ether oxygens (including phenoxy) is 1. The molecule has 2 heterocycles. The minimum absolute atomic E-state index is 0.0209. The maximum Gasteiger partial charge on any atom is 0.276 e. The van der Waals surface area contributed by atoms with E-state index in [1.165, 1.54) is 18.3 Å². The second kappa shape index (κ2) is 8.91. The number of para-hydroxylation sites is 1. The number of morpholine rings is 1. The molecule has 3 aromatic rings. The second-order valence-corrected chi connectivity index (χ2v) is 9.05. The molecule has 8 nitrogen and oxygen atoms in total. The van der Waals surface area contributed by atoms with Gasteiger partial charge in [0.1, 0.15) is 6.54 Å².